The Labute approximate surface area is 113 Å². The van der Waals surface area contributed by atoms with Crippen LogP contribution in [0.1, 0.15) is 12.5 Å². The number of methoxy groups -OCH3 is 3. The van der Waals surface area contributed by atoms with Crippen LogP contribution >= 0.6 is 0 Å². The third-order valence-electron chi connectivity index (χ3n) is 2.51. The fourth-order valence-electron chi connectivity index (χ4n) is 1.66. The molecule has 0 bridgehead atoms. The lowest BCUT2D eigenvalue weighted by Gasteiger charge is -2.14. The van der Waals surface area contributed by atoms with Crippen molar-refractivity contribution in [3.05, 3.63) is 17.7 Å². The highest BCUT2D eigenvalue weighted by molar-refractivity contribution is 5.77. The molecule has 0 aliphatic carbocycles. The predicted octanol–water partition coefficient (Wildman–Crippen LogP) is 1.14. The van der Waals surface area contributed by atoms with E-state index in [2.05, 4.69) is 10.5 Å². The van der Waals surface area contributed by atoms with Gasteiger partial charge in [-0.1, -0.05) is 0 Å². The zero-order valence-corrected chi connectivity index (χ0v) is 11.8. The van der Waals surface area contributed by atoms with Gasteiger partial charge in [0.15, 0.2) is 11.5 Å². The summed E-state index contributed by atoms with van der Waals surface area (Å²) in [7, 11) is 4.78. The van der Waals surface area contributed by atoms with E-state index in [0.717, 1.165) is 12.0 Å². The van der Waals surface area contributed by atoms with Crippen molar-refractivity contribution in [2.75, 3.05) is 27.9 Å². The number of nitrogens with zero attached hydrogens (tertiary/aromatic N) is 1. The van der Waals surface area contributed by atoms with Crippen LogP contribution in [0.4, 0.5) is 0 Å². The highest BCUT2D eigenvalue weighted by Gasteiger charge is 2.12. The molecule has 1 aromatic carbocycles. The van der Waals surface area contributed by atoms with Gasteiger partial charge in [0.2, 0.25) is 5.75 Å². The summed E-state index contributed by atoms with van der Waals surface area (Å²) in [4.78, 5) is 0. The van der Waals surface area contributed by atoms with Crippen LogP contribution in [0.25, 0.3) is 0 Å². The van der Waals surface area contributed by atoms with Crippen molar-refractivity contribution in [2.45, 2.75) is 13.3 Å². The predicted molar refractivity (Wildman–Crippen MR) is 75.1 cm³/mol. The molecule has 0 aliphatic heterocycles. The molecular weight excluding hydrogens is 246 g/mol. The van der Waals surface area contributed by atoms with Gasteiger partial charge in [0, 0.05) is 6.54 Å². The van der Waals surface area contributed by atoms with E-state index in [9.17, 15) is 0 Å². The Morgan fingerprint density at radius 3 is 2.16 bits per heavy atom. The summed E-state index contributed by atoms with van der Waals surface area (Å²) in [5.41, 5.74) is 9.38. The Hall–Kier alpha value is -2.11. The highest BCUT2D eigenvalue weighted by Crippen LogP contribution is 2.38. The molecule has 0 fully saturated rings. The molecule has 0 spiro atoms. The molecule has 106 valence electrons. The molecule has 0 atom stereocenters. The molecule has 6 heteroatoms. The van der Waals surface area contributed by atoms with Crippen LogP contribution in [0.15, 0.2) is 17.2 Å². The van der Waals surface area contributed by atoms with E-state index < -0.39 is 0 Å². The minimum absolute atomic E-state index is 0.505. The second kappa shape index (κ2) is 7.35. The van der Waals surface area contributed by atoms with Crippen molar-refractivity contribution in [2.24, 2.45) is 10.8 Å². The zero-order valence-electron chi connectivity index (χ0n) is 11.8. The number of amidine groups is 1. The van der Waals surface area contributed by atoms with Crippen LogP contribution in [-0.4, -0.2) is 33.7 Å². The van der Waals surface area contributed by atoms with E-state index in [1.807, 2.05) is 12.1 Å². The molecule has 0 unspecified atom stereocenters. The first-order chi connectivity index (χ1) is 9.12. The summed E-state index contributed by atoms with van der Waals surface area (Å²) in [6.07, 6.45) is 0.771. The largest absolute Gasteiger partial charge is 0.493 e. The minimum atomic E-state index is 0.505. The van der Waals surface area contributed by atoms with Gasteiger partial charge >= 0.3 is 0 Å². The minimum Gasteiger partial charge on any atom is -0.493 e. The van der Waals surface area contributed by atoms with Gasteiger partial charge in [-0.15, -0.1) is 0 Å². The molecule has 1 aromatic rings. The van der Waals surface area contributed by atoms with Crippen LogP contribution in [-0.2, 0) is 6.42 Å². The molecule has 0 aromatic heterocycles. The fraction of sp³-hybridized carbons (Fsp3) is 0.462. The average molecular weight is 267 g/mol. The van der Waals surface area contributed by atoms with Crippen molar-refractivity contribution < 1.29 is 14.2 Å². The first kappa shape index (κ1) is 14.9. The lowest BCUT2D eigenvalue weighted by atomic mass is 10.1. The van der Waals surface area contributed by atoms with Crippen LogP contribution in [0.5, 0.6) is 17.2 Å². The molecule has 0 saturated carbocycles. The Morgan fingerprint density at radius 1 is 1.16 bits per heavy atom. The van der Waals surface area contributed by atoms with Gasteiger partial charge in [-0.05, 0) is 31.0 Å². The smallest absolute Gasteiger partial charge is 0.203 e. The number of hydrogen-bond donors (Lipinski definition) is 2. The molecule has 6 nitrogen and oxygen atoms in total. The molecular formula is C13H21N3O3. The maximum absolute atomic E-state index is 5.43. The number of rotatable bonds is 7. The topological polar surface area (TPSA) is 78.1 Å². The van der Waals surface area contributed by atoms with Crippen molar-refractivity contribution in [3.63, 3.8) is 0 Å². The number of ether oxygens (including phenoxy) is 3. The average Bonchev–Trinajstić information content (AvgIpc) is 2.42. The Balaban J connectivity index is 2.81. The van der Waals surface area contributed by atoms with Crippen LogP contribution in [0.2, 0.25) is 0 Å². The third kappa shape index (κ3) is 4.24. The molecule has 0 aliphatic rings. The standard InChI is InChI=1S/C13H21N3O3/c1-9(14)16-15-6-5-10-7-11(17-2)13(19-4)12(8-10)18-3/h7-8,15H,5-6H2,1-4H3,(H2,14,16). The van der Waals surface area contributed by atoms with E-state index in [4.69, 9.17) is 19.9 Å². The summed E-state index contributed by atoms with van der Waals surface area (Å²) >= 11 is 0. The van der Waals surface area contributed by atoms with Crippen LogP contribution < -0.4 is 25.4 Å². The van der Waals surface area contributed by atoms with Crippen LogP contribution in [0.3, 0.4) is 0 Å². The summed E-state index contributed by atoms with van der Waals surface area (Å²) in [6, 6.07) is 3.84. The molecule has 19 heavy (non-hydrogen) atoms. The maximum Gasteiger partial charge on any atom is 0.203 e. The second-order valence-electron chi connectivity index (χ2n) is 3.94. The fourth-order valence-corrected chi connectivity index (χ4v) is 1.66. The normalized spacial score (nSPS) is 11.1. The van der Waals surface area contributed by atoms with Gasteiger partial charge in [0.1, 0.15) is 5.84 Å². The Morgan fingerprint density at radius 2 is 1.74 bits per heavy atom. The van der Waals surface area contributed by atoms with Crippen molar-refractivity contribution in [1.29, 1.82) is 0 Å². The van der Waals surface area contributed by atoms with E-state index in [-0.39, 0.29) is 0 Å². The molecule has 3 N–H and O–H groups in total. The van der Waals surface area contributed by atoms with Crippen LogP contribution in [0, 0.1) is 0 Å². The second-order valence-corrected chi connectivity index (χ2v) is 3.94. The first-order valence-electron chi connectivity index (χ1n) is 5.93. The van der Waals surface area contributed by atoms with Crippen molar-refractivity contribution >= 4 is 5.84 Å². The van der Waals surface area contributed by atoms with E-state index in [1.165, 1.54) is 0 Å². The summed E-state index contributed by atoms with van der Waals surface area (Å²) in [6.45, 7) is 2.40. The van der Waals surface area contributed by atoms with Gasteiger partial charge in [-0.2, -0.15) is 5.10 Å². The van der Waals surface area contributed by atoms with Gasteiger partial charge < -0.3 is 25.4 Å². The molecule has 0 saturated heterocycles. The summed E-state index contributed by atoms with van der Waals surface area (Å²) < 4.78 is 15.8. The van der Waals surface area contributed by atoms with E-state index in [1.54, 1.807) is 28.3 Å². The van der Waals surface area contributed by atoms with Crippen molar-refractivity contribution in [1.82, 2.24) is 5.43 Å². The number of hydrogen-bond acceptors (Lipinski definition) is 5. The summed E-state index contributed by atoms with van der Waals surface area (Å²) in [5.74, 6) is 2.40. The molecule has 1 rings (SSSR count). The number of benzene rings is 1. The maximum atomic E-state index is 5.43. The lowest BCUT2D eigenvalue weighted by Crippen LogP contribution is -2.16. The lowest BCUT2D eigenvalue weighted by molar-refractivity contribution is 0.324. The zero-order chi connectivity index (χ0) is 14.3. The Kier molecular flexibility index (Phi) is 5.78. The van der Waals surface area contributed by atoms with E-state index in [0.29, 0.717) is 29.6 Å². The van der Waals surface area contributed by atoms with Gasteiger partial charge in [0.05, 0.1) is 21.3 Å². The van der Waals surface area contributed by atoms with E-state index >= 15 is 0 Å². The monoisotopic (exact) mass is 267 g/mol. The van der Waals surface area contributed by atoms with Crippen molar-refractivity contribution in [3.8, 4) is 17.2 Å². The van der Waals surface area contributed by atoms with Gasteiger partial charge in [-0.25, -0.2) is 0 Å². The summed E-state index contributed by atoms with van der Waals surface area (Å²) in [5, 5.41) is 3.92. The van der Waals surface area contributed by atoms with Gasteiger partial charge in [0.25, 0.3) is 0 Å². The van der Waals surface area contributed by atoms with Gasteiger partial charge in [-0.3, -0.25) is 0 Å². The molecule has 0 amide bonds. The highest BCUT2D eigenvalue weighted by atomic mass is 16.5. The number of hydrazone groups is 1. The Bertz CT molecular complexity index is 418. The molecule has 0 heterocycles. The number of nitrogens with one attached hydrogen (secondary N) is 1. The third-order valence-corrected chi connectivity index (χ3v) is 2.51. The SMILES string of the molecule is COc1cc(CCN/N=C(/C)N)cc(OC)c1OC. The number of nitrogens with two attached hydrogens (primary N) is 1. The quantitative estimate of drug-likeness (QED) is 0.335. The molecule has 0 radical (unpaired) electrons. The first-order valence-corrected chi connectivity index (χ1v) is 5.93.